The molecule has 2 N–H and O–H groups in total. The lowest BCUT2D eigenvalue weighted by Crippen LogP contribution is -2.32. The van der Waals surface area contributed by atoms with E-state index in [9.17, 15) is 23.0 Å². The number of allylic oxidation sites excluding steroid dienone is 6. The Balaban J connectivity index is 1.77. The van der Waals surface area contributed by atoms with Gasteiger partial charge in [-0.3, -0.25) is 0 Å². The van der Waals surface area contributed by atoms with Gasteiger partial charge >= 0.3 is 0 Å². The number of sulfone groups is 1. The minimum Gasteiger partial charge on any atom is -0.393 e. The number of fused-ring (bicyclic) bond motifs is 1. The van der Waals surface area contributed by atoms with Crippen molar-refractivity contribution in [3.8, 4) is 0 Å². The van der Waals surface area contributed by atoms with Crippen molar-refractivity contribution in [1.82, 2.24) is 0 Å². The Morgan fingerprint density at radius 1 is 1.32 bits per heavy atom. The average Bonchev–Trinajstić information content (AvgIpc) is 3.09. The molecule has 0 aliphatic heterocycles. The third kappa shape index (κ3) is 5.19. The van der Waals surface area contributed by atoms with E-state index in [1.165, 1.54) is 38.0 Å². The van der Waals surface area contributed by atoms with Crippen LogP contribution in [0.5, 0.6) is 0 Å². The smallest absolute Gasteiger partial charge is 0.211 e. The summed E-state index contributed by atoms with van der Waals surface area (Å²) in [6, 6.07) is 0. The van der Waals surface area contributed by atoms with Crippen LogP contribution in [0.15, 0.2) is 58.3 Å². The van der Waals surface area contributed by atoms with Crippen LogP contribution >= 0.6 is 0 Å². The van der Waals surface area contributed by atoms with Crippen molar-refractivity contribution in [3.05, 3.63) is 58.3 Å². The highest BCUT2D eigenvalue weighted by Crippen LogP contribution is 2.57. The maximum absolute atomic E-state index is 14.6. The van der Waals surface area contributed by atoms with E-state index in [2.05, 4.69) is 32.6 Å². The first kappa shape index (κ1) is 27.1. The molecule has 2 saturated carbocycles. The molecule has 0 aromatic carbocycles. The van der Waals surface area contributed by atoms with E-state index in [0.29, 0.717) is 30.8 Å². The highest BCUT2D eigenvalue weighted by atomic mass is 32.2. The van der Waals surface area contributed by atoms with Gasteiger partial charge < -0.3 is 10.2 Å². The molecule has 3 rings (SSSR count). The second kappa shape index (κ2) is 9.87. The standard InChI is InChI=1S/C28H41FO4S/c1-18(9-14-26(29)34(32,33)27(3,4)5)23-12-13-24-20(8-7-15-28(23,24)6)10-11-21-16-22(30)17-25(31)19(21)2/h10-12,14,18,22,24-25,30-31H,2,7-9,13,15-17H2,1,3-6H3/b20-10+,21-11-,26-14+/t18-,22+,24+,25-,28-/m1/s1. The fraction of sp³-hybridized carbons (Fsp3) is 0.643. The molecule has 34 heavy (non-hydrogen) atoms. The first-order valence-corrected chi connectivity index (χ1v) is 13.9. The zero-order valence-corrected chi connectivity index (χ0v) is 22.1. The van der Waals surface area contributed by atoms with Gasteiger partial charge in [-0.05, 0) is 93.8 Å². The van der Waals surface area contributed by atoms with Crippen molar-refractivity contribution in [3.63, 3.8) is 0 Å². The third-order valence-electron chi connectivity index (χ3n) is 8.10. The Kier molecular flexibility index (Phi) is 7.86. The third-order valence-corrected chi connectivity index (χ3v) is 10.4. The van der Waals surface area contributed by atoms with E-state index in [1.807, 2.05) is 6.08 Å². The SMILES string of the molecule is C=C1/C(=C\C=C2/CCC[C@]3(C)C([C@H](C)C/C=C(\F)S(=O)(=O)C(C)(C)C)=CC[C@@H]23)C[C@H](O)C[C@H]1O. The van der Waals surface area contributed by atoms with Gasteiger partial charge in [0.25, 0.3) is 0 Å². The summed E-state index contributed by atoms with van der Waals surface area (Å²) < 4.78 is 38.2. The van der Waals surface area contributed by atoms with Crippen molar-refractivity contribution >= 4 is 9.84 Å². The molecule has 2 fully saturated rings. The van der Waals surface area contributed by atoms with Crippen LogP contribution in [0.1, 0.15) is 79.6 Å². The molecular weight excluding hydrogens is 451 g/mol. The monoisotopic (exact) mass is 492 g/mol. The number of rotatable bonds is 5. The summed E-state index contributed by atoms with van der Waals surface area (Å²) in [5.74, 6) is 0.409. The van der Waals surface area contributed by atoms with Gasteiger partial charge in [0.15, 0.2) is 0 Å². The van der Waals surface area contributed by atoms with Crippen LogP contribution in [0.25, 0.3) is 0 Å². The molecule has 0 aromatic rings. The van der Waals surface area contributed by atoms with Crippen molar-refractivity contribution in [2.24, 2.45) is 17.3 Å². The van der Waals surface area contributed by atoms with Gasteiger partial charge in [0.05, 0.1) is 17.0 Å². The van der Waals surface area contributed by atoms with Gasteiger partial charge in [-0.1, -0.05) is 49.8 Å². The highest BCUT2D eigenvalue weighted by molar-refractivity contribution is 7.96. The lowest BCUT2D eigenvalue weighted by Gasteiger charge is -2.42. The van der Waals surface area contributed by atoms with Gasteiger partial charge in [0, 0.05) is 6.42 Å². The number of hydrogen-bond acceptors (Lipinski definition) is 4. The lowest BCUT2D eigenvalue weighted by molar-refractivity contribution is 0.0862. The number of aliphatic hydroxyl groups is 2. The Morgan fingerprint density at radius 2 is 2.00 bits per heavy atom. The van der Waals surface area contributed by atoms with Crippen molar-refractivity contribution < 1.29 is 23.0 Å². The molecule has 0 amide bonds. The summed E-state index contributed by atoms with van der Waals surface area (Å²) in [5, 5.41) is 19.1. The zero-order valence-electron chi connectivity index (χ0n) is 21.3. The second-order valence-electron chi connectivity index (χ2n) is 11.5. The molecule has 0 spiro atoms. The van der Waals surface area contributed by atoms with Crippen molar-refractivity contribution in [2.75, 3.05) is 0 Å². The molecule has 0 radical (unpaired) electrons. The van der Waals surface area contributed by atoms with E-state index in [1.54, 1.807) is 0 Å². The minimum absolute atomic E-state index is 0.0299. The summed E-state index contributed by atoms with van der Waals surface area (Å²) in [5.41, 5.74) is 4.22. The largest absolute Gasteiger partial charge is 0.393 e. The minimum atomic E-state index is -3.96. The van der Waals surface area contributed by atoms with E-state index in [-0.39, 0.29) is 11.3 Å². The quantitative estimate of drug-likeness (QED) is 0.455. The Bertz CT molecular complexity index is 1040. The number of halogens is 1. The van der Waals surface area contributed by atoms with Crippen LogP contribution < -0.4 is 0 Å². The number of aliphatic hydroxyl groups excluding tert-OH is 2. The maximum Gasteiger partial charge on any atom is 0.211 e. The van der Waals surface area contributed by atoms with E-state index >= 15 is 0 Å². The molecule has 0 heterocycles. The predicted molar refractivity (Wildman–Crippen MR) is 136 cm³/mol. The average molecular weight is 493 g/mol. The first-order chi connectivity index (χ1) is 15.7. The summed E-state index contributed by atoms with van der Waals surface area (Å²) in [7, 11) is -3.96. The van der Waals surface area contributed by atoms with E-state index in [0.717, 1.165) is 31.3 Å². The topological polar surface area (TPSA) is 74.6 Å². The summed E-state index contributed by atoms with van der Waals surface area (Å²) in [6.45, 7) is 12.9. The number of hydrogen-bond donors (Lipinski definition) is 2. The molecule has 0 saturated heterocycles. The summed E-state index contributed by atoms with van der Waals surface area (Å²) >= 11 is 0. The molecule has 0 bridgehead atoms. The fourth-order valence-electron chi connectivity index (χ4n) is 5.88. The van der Waals surface area contributed by atoms with Crippen LogP contribution in [-0.2, 0) is 9.84 Å². The Morgan fingerprint density at radius 3 is 2.65 bits per heavy atom. The molecule has 4 nitrogen and oxygen atoms in total. The highest BCUT2D eigenvalue weighted by Gasteiger charge is 2.46. The van der Waals surface area contributed by atoms with Crippen LogP contribution in [0.4, 0.5) is 4.39 Å². The molecular formula is C28H41FO4S. The molecule has 6 heteroatoms. The molecule has 5 atom stereocenters. The lowest BCUT2D eigenvalue weighted by atomic mass is 9.62. The van der Waals surface area contributed by atoms with E-state index in [4.69, 9.17) is 0 Å². The Hall–Kier alpha value is -1.50. The molecule has 3 aliphatic rings. The van der Waals surface area contributed by atoms with Crippen LogP contribution in [0.2, 0.25) is 0 Å². The van der Waals surface area contributed by atoms with E-state index < -0.39 is 32.0 Å². The molecule has 0 unspecified atom stereocenters. The maximum atomic E-state index is 14.6. The van der Waals surface area contributed by atoms with Crippen molar-refractivity contribution in [1.29, 1.82) is 0 Å². The van der Waals surface area contributed by atoms with Gasteiger partial charge in [-0.2, -0.15) is 4.39 Å². The van der Waals surface area contributed by atoms with Gasteiger partial charge in [-0.25, -0.2) is 8.42 Å². The molecule has 0 aromatic heterocycles. The van der Waals surface area contributed by atoms with Gasteiger partial charge in [0.2, 0.25) is 15.0 Å². The van der Waals surface area contributed by atoms with Crippen LogP contribution in [0.3, 0.4) is 0 Å². The van der Waals surface area contributed by atoms with Gasteiger partial charge in [0.1, 0.15) is 0 Å². The normalized spacial score (nSPS) is 34.4. The predicted octanol–water partition coefficient (Wildman–Crippen LogP) is 6.10. The fourth-order valence-corrected chi connectivity index (χ4v) is 6.78. The van der Waals surface area contributed by atoms with Crippen LogP contribution in [-0.4, -0.2) is 35.6 Å². The van der Waals surface area contributed by atoms with Crippen LogP contribution in [0, 0.1) is 17.3 Å². The zero-order chi connectivity index (χ0) is 25.5. The molecule has 3 aliphatic carbocycles. The Labute approximate surface area is 205 Å². The summed E-state index contributed by atoms with van der Waals surface area (Å²) in [6.07, 6.45) is 11.7. The molecule has 190 valence electrons. The van der Waals surface area contributed by atoms with Gasteiger partial charge in [-0.15, -0.1) is 0 Å². The first-order valence-electron chi connectivity index (χ1n) is 12.4. The summed E-state index contributed by atoms with van der Waals surface area (Å²) in [4.78, 5) is 0. The second-order valence-corrected chi connectivity index (χ2v) is 14.2. The van der Waals surface area contributed by atoms with Crippen molar-refractivity contribution in [2.45, 2.75) is 96.5 Å².